The number of para-hydroxylation sites is 1. The number of aliphatic hydroxyl groups is 2. The van der Waals surface area contributed by atoms with Gasteiger partial charge in [0, 0.05) is 25.1 Å². The van der Waals surface area contributed by atoms with Crippen molar-refractivity contribution >= 4 is 11.6 Å². The van der Waals surface area contributed by atoms with E-state index in [0.29, 0.717) is 0 Å². The molecular formula is C11H14N2O6. The quantitative estimate of drug-likeness (QED) is 0.433. The Morgan fingerprint density at radius 2 is 2.11 bits per heavy atom. The standard InChI is InChI=1S/C11H14N2O6/c1-6(14)12-5-9(15)11(17)7-3-2-4-8(10(7)16)13(18)19/h2-4,9,11,15-17H,5H2,1H3,(H,12,14). The lowest BCUT2D eigenvalue weighted by molar-refractivity contribution is -0.386. The predicted molar refractivity (Wildman–Crippen MR) is 64.4 cm³/mol. The van der Waals surface area contributed by atoms with Gasteiger partial charge in [0.1, 0.15) is 12.2 Å². The van der Waals surface area contributed by atoms with Crippen LogP contribution in [-0.4, -0.2) is 38.8 Å². The van der Waals surface area contributed by atoms with Crippen molar-refractivity contribution in [3.63, 3.8) is 0 Å². The van der Waals surface area contributed by atoms with E-state index in [-0.39, 0.29) is 12.1 Å². The highest BCUT2D eigenvalue weighted by molar-refractivity contribution is 5.72. The van der Waals surface area contributed by atoms with Gasteiger partial charge in [0.25, 0.3) is 0 Å². The van der Waals surface area contributed by atoms with Gasteiger partial charge < -0.3 is 20.6 Å². The number of nitrogens with zero attached hydrogens (tertiary/aromatic N) is 1. The summed E-state index contributed by atoms with van der Waals surface area (Å²) >= 11 is 0. The fourth-order valence-electron chi connectivity index (χ4n) is 1.50. The molecule has 0 aliphatic rings. The number of phenols is 1. The average Bonchev–Trinajstić information content (AvgIpc) is 2.34. The summed E-state index contributed by atoms with van der Waals surface area (Å²) in [5.74, 6) is -1.10. The number of aliphatic hydroxyl groups excluding tert-OH is 2. The fraction of sp³-hybridized carbons (Fsp3) is 0.364. The summed E-state index contributed by atoms with van der Waals surface area (Å²) in [6, 6.07) is 3.61. The number of hydrogen-bond acceptors (Lipinski definition) is 6. The molecule has 1 aromatic rings. The molecule has 8 heteroatoms. The molecule has 0 fully saturated rings. The Morgan fingerprint density at radius 3 is 2.63 bits per heavy atom. The molecule has 2 atom stereocenters. The number of nitrogens with one attached hydrogen (secondary N) is 1. The van der Waals surface area contributed by atoms with Gasteiger partial charge in [-0.25, -0.2) is 0 Å². The molecule has 0 bridgehead atoms. The minimum atomic E-state index is -1.55. The number of carbonyl (C=O) groups is 1. The Bertz CT molecular complexity index is 490. The third kappa shape index (κ3) is 3.63. The van der Waals surface area contributed by atoms with Crippen molar-refractivity contribution in [2.45, 2.75) is 19.1 Å². The molecule has 1 aromatic carbocycles. The molecule has 0 heterocycles. The lowest BCUT2D eigenvalue weighted by Crippen LogP contribution is -2.34. The molecule has 2 unspecified atom stereocenters. The van der Waals surface area contributed by atoms with Gasteiger partial charge in [-0.15, -0.1) is 0 Å². The number of benzene rings is 1. The van der Waals surface area contributed by atoms with Crippen molar-refractivity contribution in [3.05, 3.63) is 33.9 Å². The van der Waals surface area contributed by atoms with Gasteiger partial charge in [-0.05, 0) is 0 Å². The van der Waals surface area contributed by atoms with Crippen LogP contribution in [0.1, 0.15) is 18.6 Å². The van der Waals surface area contributed by atoms with Crippen LogP contribution in [0.3, 0.4) is 0 Å². The number of nitro groups is 1. The highest BCUT2D eigenvalue weighted by Gasteiger charge is 2.26. The number of nitro benzene ring substituents is 1. The molecule has 1 rings (SSSR count). The Kier molecular flexibility index (Phi) is 4.79. The first-order chi connectivity index (χ1) is 8.84. The molecular weight excluding hydrogens is 256 g/mol. The summed E-state index contributed by atoms with van der Waals surface area (Å²) in [5, 5.41) is 42.0. The number of hydrogen-bond donors (Lipinski definition) is 4. The second-order valence-electron chi connectivity index (χ2n) is 3.92. The van der Waals surface area contributed by atoms with Gasteiger partial charge in [0.2, 0.25) is 5.91 Å². The first-order valence-corrected chi connectivity index (χ1v) is 5.41. The number of rotatable bonds is 5. The van der Waals surface area contributed by atoms with Crippen LogP contribution in [0.4, 0.5) is 5.69 Å². The van der Waals surface area contributed by atoms with Gasteiger partial charge >= 0.3 is 5.69 Å². The Hall–Kier alpha value is -2.19. The minimum Gasteiger partial charge on any atom is -0.502 e. The third-order valence-electron chi connectivity index (χ3n) is 2.49. The van der Waals surface area contributed by atoms with Crippen LogP contribution in [0.5, 0.6) is 5.75 Å². The van der Waals surface area contributed by atoms with Crippen LogP contribution in [0, 0.1) is 10.1 Å². The zero-order valence-corrected chi connectivity index (χ0v) is 10.1. The third-order valence-corrected chi connectivity index (χ3v) is 2.49. The van der Waals surface area contributed by atoms with E-state index >= 15 is 0 Å². The number of amides is 1. The van der Waals surface area contributed by atoms with Crippen molar-refractivity contribution in [3.8, 4) is 5.75 Å². The Labute approximate surface area is 108 Å². The number of carbonyl (C=O) groups excluding carboxylic acids is 1. The van der Waals surface area contributed by atoms with Crippen molar-refractivity contribution in [1.29, 1.82) is 0 Å². The normalized spacial score (nSPS) is 13.6. The largest absolute Gasteiger partial charge is 0.502 e. The van der Waals surface area contributed by atoms with E-state index in [4.69, 9.17) is 0 Å². The second-order valence-corrected chi connectivity index (χ2v) is 3.92. The molecule has 0 spiro atoms. The minimum absolute atomic E-state index is 0.174. The first kappa shape index (κ1) is 14.9. The van der Waals surface area contributed by atoms with Gasteiger partial charge in [-0.2, -0.15) is 0 Å². The summed E-state index contributed by atoms with van der Waals surface area (Å²) in [6.07, 6.45) is -2.94. The first-order valence-electron chi connectivity index (χ1n) is 5.41. The monoisotopic (exact) mass is 270 g/mol. The van der Waals surface area contributed by atoms with E-state index in [1.54, 1.807) is 0 Å². The van der Waals surface area contributed by atoms with Crippen LogP contribution < -0.4 is 5.32 Å². The van der Waals surface area contributed by atoms with Gasteiger partial charge in [0.15, 0.2) is 5.75 Å². The van der Waals surface area contributed by atoms with Gasteiger partial charge in [-0.1, -0.05) is 12.1 Å². The maximum Gasteiger partial charge on any atom is 0.311 e. The molecule has 0 aromatic heterocycles. The average molecular weight is 270 g/mol. The molecule has 1 amide bonds. The smallest absolute Gasteiger partial charge is 0.311 e. The lowest BCUT2D eigenvalue weighted by atomic mass is 10.0. The molecule has 104 valence electrons. The Morgan fingerprint density at radius 1 is 1.47 bits per heavy atom. The van der Waals surface area contributed by atoms with Crippen molar-refractivity contribution in [2.75, 3.05) is 6.54 Å². The summed E-state index contributed by atoms with van der Waals surface area (Å²) in [5.41, 5.74) is -0.740. The fourth-order valence-corrected chi connectivity index (χ4v) is 1.50. The number of phenolic OH excluding ortho intramolecular Hbond substituents is 1. The van der Waals surface area contributed by atoms with Crippen LogP contribution >= 0.6 is 0 Å². The van der Waals surface area contributed by atoms with E-state index < -0.39 is 34.5 Å². The molecule has 0 aliphatic carbocycles. The molecule has 0 aliphatic heterocycles. The van der Waals surface area contributed by atoms with Crippen LogP contribution in [0.15, 0.2) is 18.2 Å². The molecule has 19 heavy (non-hydrogen) atoms. The summed E-state index contributed by atoms with van der Waals surface area (Å²) in [6.45, 7) is 1.00. The maximum atomic E-state index is 10.7. The Balaban J connectivity index is 2.93. The highest BCUT2D eigenvalue weighted by Crippen LogP contribution is 2.34. The van der Waals surface area contributed by atoms with Crippen LogP contribution in [-0.2, 0) is 4.79 Å². The van der Waals surface area contributed by atoms with E-state index in [9.17, 15) is 30.2 Å². The topological polar surface area (TPSA) is 133 Å². The lowest BCUT2D eigenvalue weighted by Gasteiger charge is -2.19. The van der Waals surface area contributed by atoms with Crippen molar-refractivity contribution in [2.24, 2.45) is 0 Å². The maximum absolute atomic E-state index is 10.7. The zero-order chi connectivity index (χ0) is 14.6. The van der Waals surface area contributed by atoms with Gasteiger partial charge in [0.05, 0.1) is 4.92 Å². The van der Waals surface area contributed by atoms with Crippen LogP contribution in [0.2, 0.25) is 0 Å². The molecule has 0 radical (unpaired) electrons. The molecule has 0 saturated heterocycles. The van der Waals surface area contributed by atoms with E-state index in [1.807, 2.05) is 0 Å². The summed E-state index contributed by atoms with van der Waals surface area (Å²) < 4.78 is 0. The SMILES string of the molecule is CC(=O)NCC(O)C(O)c1cccc([N+](=O)[O-])c1O. The van der Waals surface area contributed by atoms with E-state index in [1.165, 1.54) is 19.1 Å². The van der Waals surface area contributed by atoms with E-state index in [2.05, 4.69) is 5.32 Å². The summed E-state index contributed by atoms with van der Waals surface area (Å²) in [4.78, 5) is 20.5. The zero-order valence-electron chi connectivity index (χ0n) is 10.1. The number of aromatic hydroxyl groups is 1. The van der Waals surface area contributed by atoms with Gasteiger partial charge in [-0.3, -0.25) is 14.9 Å². The van der Waals surface area contributed by atoms with E-state index in [0.717, 1.165) is 6.07 Å². The molecule has 4 N–H and O–H groups in total. The predicted octanol–water partition coefficient (Wildman–Crippen LogP) is -0.169. The van der Waals surface area contributed by atoms with Crippen molar-refractivity contribution < 1.29 is 25.0 Å². The summed E-state index contributed by atoms with van der Waals surface area (Å²) in [7, 11) is 0. The van der Waals surface area contributed by atoms with Crippen molar-refractivity contribution in [1.82, 2.24) is 5.32 Å². The van der Waals surface area contributed by atoms with Crippen LogP contribution in [0.25, 0.3) is 0 Å². The molecule has 0 saturated carbocycles. The highest BCUT2D eigenvalue weighted by atomic mass is 16.6. The molecule has 8 nitrogen and oxygen atoms in total. The second kappa shape index (κ2) is 6.12.